The molecule has 2 amide bonds. The van der Waals surface area contributed by atoms with Gasteiger partial charge in [-0.1, -0.05) is 18.2 Å². The van der Waals surface area contributed by atoms with Crippen LogP contribution in [0.1, 0.15) is 25.7 Å². The SMILES string of the molecule is O=C(CCCOc1ccccc1)NCC1CN(C2CC2)C(=O)O1. The molecule has 2 aliphatic rings. The van der Waals surface area contributed by atoms with Crippen molar-refractivity contribution in [2.75, 3.05) is 19.7 Å². The van der Waals surface area contributed by atoms with Gasteiger partial charge in [0.2, 0.25) is 5.91 Å². The number of ether oxygens (including phenoxy) is 2. The second-order valence-electron chi connectivity index (χ2n) is 5.96. The minimum Gasteiger partial charge on any atom is -0.494 e. The third-order valence-electron chi connectivity index (χ3n) is 3.98. The van der Waals surface area contributed by atoms with E-state index in [4.69, 9.17) is 9.47 Å². The summed E-state index contributed by atoms with van der Waals surface area (Å²) in [4.78, 5) is 25.2. The van der Waals surface area contributed by atoms with Crippen LogP contribution in [0.4, 0.5) is 4.79 Å². The number of nitrogens with one attached hydrogen (secondary N) is 1. The van der Waals surface area contributed by atoms with Crippen molar-refractivity contribution in [3.05, 3.63) is 30.3 Å². The number of amides is 2. The summed E-state index contributed by atoms with van der Waals surface area (Å²) in [6, 6.07) is 9.89. The van der Waals surface area contributed by atoms with Crippen molar-refractivity contribution in [2.45, 2.75) is 37.8 Å². The van der Waals surface area contributed by atoms with E-state index < -0.39 is 0 Å². The van der Waals surface area contributed by atoms with Crippen LogP contribution < -0.4 is 10.1 Å². The molecule has 1 saturated carbocycles. The summed E-state index contributed by atoms with van der Waals surface area (Å²) in [6.07, 6.45) is 2.71. The Hall–Kier alpha value is -2.24. The summed E-state index contributed by atoms with van der Waals surface area (Å²) in [6.45, 7) is 1.47. The lowest BCUT2D eigenvalue weighted by molar-refractivity contribution is -0.121. The highest BCUT2D eigenvalue weighted by Crippen LogP contribution is 2.30. The third-order valence-corrected chi connectivity index (χ3v) is 3.98. The zero-order valence-electron chi connectivity index (χ0n) is 13.1. The van der Waals surface area contributed by atoms with E-state index in [0.717, 1.165) is 18.6 Å². The lowest BCUT2D eigenvalue weighted by Crippen LogP contribution is -2.35. The molecule has 1 unspecified atom stereocenters. The van der Waals surface area contributed by atoms with Crippen molar-refractivity contribution in [3.63, 3.8) is 0 Å². The molecule has 0 radical (unpaired) electrons. The molecule has 0 aromatic heterocycles. The molecule has 23 heavy (non-hydrogen) atoms. The molecule has 1 heterocycles. The fraction of sp³-hybridized carbons (Fsp3) is 0.529. The maximum atomic E-state index is 11.8. The lowest BCUT2D eigenvalue weighted by Gasteiger charge is -2.11. The van der Waals surface area contributed by atoms with Crippen LogP contribution in [0.3, 0.4) is 0 Å². The molecule has 6 heteroatoms. The highest BCUT2D eigenvalue weighted by molar-refractivity contribution is 5.76. The van der Waals surface area contributed by atoms with Crippen LogP contribution in [-0.4, -0.2) is 48.7 Å². The topological polar surface area (TPSA) is 67.9 Å². The van der Waals surface area contributed by atoms with Gasteiger partial charge < -0.3 is 19.7 Å². The van der Waals surface area contributed by atoms with Crippen molar-refractivity contribution in [2.24, 2.45) is 0 Å². The predicted molar refractivity (Wildman–Crippen MR) is 84.2 cm³/mol. The summed E-state index contributed by atoms with van der Waals surface area (Å²) < 4.78 is 10.8. The van der Waals surface area contributed by atoms with Crippen molar-refractivity contribution in [1.29, 1.82) is 0 Å². The van der Waals surface area contributed by atoms with Crippen LogP contribution in [0.2, 0.25) is 0 Å². The number of nitrogens with zero attached hydrogens (tertiary/aromatic N) is 1. The molecule has 3 rings (SSSR count). The minimum atomic E-state index is -0.247. The van der Waals surface area contributed by atoms with E-state index in [2.05, 4.69) is 5.32 Å². The van der Waals surface area contributed by atoms with E-state index in [-0.39, 0.29) is 18.1 Å². The van der Waals surface area contributed by atoms with Crippen molar-refractivity contribution < 1.29 is 19.1 Å². The Bertz CT molecular complexity index is 545. The fourth-order valence-corrected chi connectivity index (χ4v) is 2.59. The van der Waals surface area contributed by atoms with Crippen LogP contribution in [0, 0.1) is 0 Å². The Kier molecular flexibility index (Phi) is 5.00. The van der Waals surface area contributed by atoms with Crippen LogP contribution in [-0.2, 0) is 9.53 Å². The number of hydrogen-bond donors (Lipinski definition) is 1. The van der Waals surface area contributed by atoms with Gasteiger partial charge in [0, 0.05) is 12.5 Å². The van der Waals surface area contributed by atoms with E-state index in [9.17, 15) is 9.59 Å². The largest absolute Gasteiger partial charge is 0.494 e. The molecule has 1 aromatic rings. The van der Waals surface area contributed by atoms with E-state index in [1.165, 1.54) is 0 Å². The molecule has 1 saturated heterocycles. The van der Waals surface area contributed by atoms with Gasteiger partial charge >= 0.3 is 6.09 Å². The molecule has 124 valence electrons. The lowest BCUT2D eigenvalue weighted by atomic mass is 10.3. The maximum Gasteiger partial charge on any atom is 0.410 e. The second-order valence-corrected chi connectivity index (χ2v) is 5.96. The number of carbonyl (C=O) groups excluding carboxylic acids is 2. The molecular weight excluding hydrogens is 296 g/mol. The fourth-order valence-electron chi connectivity index (χ4n) is 2.59. The highest BCUT2D eigenvalue weighted by Gasteiger charge is 2.40. The Labute approximate surface area is 135 Å². The smallest absolute Gasteiger partial charge is 0.410 e. The van der Waals surface area contributed by atoms with Gasteiger partial charge in [-0.25, -0.2) is 4.79 Å². The van der Waals surface area contributed by atoms with Crippen LogP contribution >= 0.6 is 0 Å². The van der Waals surface area contributed by atoms with Gasteiger partial charge in [-0.3, -0.25) is 4.79 Å². The zero-order chi connectivity index (χ0) is 16.1. The first-order valence-corrected chi connectivity index (χ1v) is 8.14. The summed E-state index contributed by atoms with van der Waals surface area (Å²) in [7, 11) is 0. The van der Waals surface area contributed by atoms with Crippen molar-refractivity contribution in [1.82, 2.24) is 10.2 Å². The number of para-hydroxylation sites is 1. The summed E-state index contributed by atoms with van der Waals surface area (Å²) in [5.41, 5.74) is 0. The van der Waals surface area contributed by atoms with E-state index in [0.29, 0.717) is 38.6 Å². The molecule has 1 atom stereocenters. The van der Waals surface area contributed by atoms with Gasteiger partial charge in [-0.15, -0.1) is 0 Å². The quantitative estimate of drug-likeness (QED) is 0.744. The monoisotopic (exact) mass is 318 g/mol. The van der Waals surface area contributed by atoms with Gasteiger partial charge in [0.05, 0.1) is 19.7 Å². The standard InChI is InChI=1S/C17H22N2O4/c20-16(7-4-10-22-14-5-2-1-3-6-14)18-11-15-12-19(13-8-9-13)17(21)23-15/h1-3,5-6,13,15H,4,7-12H2,(H,18,20). The second kappa shape index (κ2) is 7.35. The first-order chi connectivity index (χ1) is 11.2. The summed E-state index contributed by atoms with van der Waals surface area (Å²) in [5.74, 6) is 0.772. The Morgan fingerprint density at radius 2 is 2.09 bits per heavy atom. The molecule has 1 aliphatic carbocycles. The number of carbonyl (C=O) groups is 2. The van der Waals surface area contributed by atoms with Crippen molar-refractivity contribution >= 4 is 12.0 Å². The number of benzene rings is 1. The average Bonchev–Trinajstić information content (AvgIpc) is 3.34. The first kappa shape index (κ1) is 15.6. The molecule has 1 aliphatic heterocycles. The zero-order valence-corrected chi connectivity index (χ0v) is 13.1. The Morgan fingerprint density at radius 1 is 1.30 bits per heavy atom. The van der Waals surface area contributed by atoms with E-state index >= 15 is 0 Å². The molecule has 0 bridgehead atoms. The number of rotatable bonds is 8. The summed E-state index contributed by atoms with van der Waals surface area (Å²) >= 11 is 0. The first-order valence-electron chi connectivity index (χ1n) is 8.14. The Balaban J connectivity index is 1.27. The number of cyclic esters (lactones) is 1. The van der Waals surface area contributed by atoms with Crippen molar-refractivity contribution in [3.8, 4) is 5.75 Å². The summed E-state index contributed by atoms with van der Waals surface area (Å²) in [5, 5.41) is 2.83. The van der Waals surface area contributed by atoms with Gasteiger partial charge in [-0.2, -0.15) is 0 Å². The predicted octanol–water partition coefficient (Wildman–Crippen LogP) is 1.94. The molecule has 2 fully saturated rings. The highest BCUT2D eigenvalue weighted by atomic mass is 16.6. The van der Waals surface area contributed by atoms with Crippen LogP contribution in [0.5, 0.6) is 5.75 Å². The Morgan fingerprint density at radius 3 is 2.83 bits per heavy atom. The third kappa shape index (κ3) is 4.61. The van der Waals surface area contributed by atoms with Gasteiger partial charge in [-0.05, 0) is 31.4 Å². The van der Waals surface area contributed by atoms with Gasteiger partial charge in [0.25, 0.3) is 0 Å². The van der Waals surface area contributed by atoms with E-state index in [1.807, 2.05) is 30.3 Å². The van der Waals surface area contributed by atoms with E-state index in [1.54, 1.807) is 4.90 Å². The van der Waals surface area contributed by atoms with Crippen LogP contribution in [0.15, 0.2) is 30.3 Å². The molecule has 6 nitrogen and oxygen atoms in total. The maximum absolute atomic E-state index is 11.8. The minimum absolute atomic E-state index is 0.0393. The normalized spacial score (nSPS) is 20.3. The van der Waals surface area contributed by atoms with Crippen LogP contribution in [0.25, 0.3) is 0 Å². The molecular formula is C17H22N2O4. The van der Waals surface area contributed by atoms with Gasteiger partial charge in [0.15, 0.2) is 0 Å². The average molecular weight is 318 g/mol. The number of hydrogen-bond acceptors (Lipinski definition) is 4. The van der Waals surface area contributed by atoms with Gasteiger partial charge in [0.1, 0.15) is 11.9 Å². The molecule has 1 N–H and O–H groups in total. The molecule has 1 aromatic carbocycles. The molecule has 0 spiro atoms.